The van der Waals surface area contributed by atoms with E-state index in [9.17, 15) is 9.36 Å². The Morgan fingerprint density at radius 1 is 1.36 bits per heavy atom. The van der Waals surface area contributed by atoms with Crippen molar-refractivity contribution >= 4 is 13.6 Å². The van der Waals surface area contributed by atoms with Gasteiger partial charge in [0.15, 0.2) is 0 Å². The Bertz CT molecular complexity index is 228. The monoisotopic (exact) mass is 222 g/mol. The Morgan fingerprint density at radius 3 is 2.21 bits per heavy atom. The number of carbonyl (C=O) groups excluding carboxylic acids is 1. The SMILES string of the molecule is C=COC(=O)CP(=O)(OCC)OCC. The number of esters is 1. The van der Waals surface area contributed by atoms with Crippen molar-refractivity contribution in [1.29, 1.82) is 0 Å². The Kier molecular flexibility index (Phi) is 6.45. The molecule has 0 aromatic rings. The average molecular weight is 222 g/mol. The first kappa shape index (κ1) is 13.4. The molecule has 0 saturated carbocycles. The second kappa shape index (κ2) is 6.76. The molecule has 6 heteroatoms. The van der Waals surface area contributed by atoms with E-state index in [0.717, 1.165) is 6.26 Å². The number of rotatable bonds is 7. The van der Waals surface area contributed by atoms with Crippen LogP contribution < -0.4 is 0 Å². The Morgan fingerprint density at radius 2 is 1.86 bits per heavy atom. The molecule has 0 aromatic carbocycles. The van der Waals surface area contributed by atoms with Gasteiger partial charge in [-0.25, -0.2) is 0 Å². The molecule has 14 heavy (non-hydrogen) atoms. The zero-order valence-corrected chi connectivity index (χ0v) is 9.29. The summed E-state index contributed by atoms with van der Waals surface area (Å²) in [5.74, 6) is -0.676. The third-order valence-electron chi connectivity index (χ3n) is 1.19. The van der Waals surface area contributed by atoms with E-state index in [1.54, 1.807) is 13.8 Å². The molecule has 0 saturated heterocycles. The number of hydrogen-bond donors (Lipinski definition) is 0. The van der Waals surface area contributed by atoms with Gasteiger partial charge in [0.25, 0.3) is 0 Å². The summed E-state index contributed by atoms with van der Waals surface area (Å²) in [5.41, 5.74) is 0. The van der Waals surface area contributed by atoms with Crippen LogP contribution in [0.25, 0.3) is 0 Å². The van der Waals surface area contributed by atoms with Crippen molar-refractivity contribution in [3.05, 3.63) is 12.8 Å². The number of ether oxygens (including phenoxy) is 1. The second-order valence-electron chi connectivity index (χ2n) is 2.26. The van der Waals surface area contributed by atoms with Crippen molar-refractivity contribution in [3.63, 3.8) is 0 Å². The van der Waals surface area contributed by atoms with Crippen LogP contribution >= 0.6 is 7.60 Å². The summed E-state index contributed by atoms with van der Waals surface area (Å²) >= 11 is 0. The topological polar surface area (TPSA) is 61.8 Å². The van der Waals surface area contributed by atoms with Gasteiger partial charge >= 0.3 is 13.6 Å². The fraction of sp³-hybridized carbons (Fsp3) is 0.625. The third-order valence-corrected chi connectivity index (χ3v) is 3.14. The lowest BCUT2D eigenvalue weighted by molar-refractivity contribution is -0.135. The molecule has 5 nitrogen and oxygen atoms in total. The molecular formula is C8H15O5P. The van der Waals surface area contributed by atoms with Crippen molar-refractivity contribution in [2.45, 2.75) is 13.8 Å². The molecule has 0 N–H and O–H groups in total. The van der Waals surface area contributed by atoms with Crippen LogP contribution in [0.2, 0.25) is 0 Å². The molecule has 82 valence electrons. The molecule has 0 heterocycles. The first-order valence-corrected chi connectivity index (χ1v) is 5.99. The maximum absolute atomic E-state index is 11.7. The van der Waals surface area contributed by atoms with Gasteiger partial charge in [-0.15, -0.1) is 0 Å². The zero-order valence-electron chi connectivity index (χ0n) is 8.39. The largest absolute Gasteiger partial charge is 0.435 e. The Labute approximate surface area is 83.6 Å². The lowest BCUT2D eigenvalue weighted by Crippen LogP contribution is -2.10. The predicted molar refractivity (Wildman–Crippen MR) is 52.0 cm³/mol. The molecule has 0 rings (SSSR count). The van der Waals surface area contributed by atoms with E-state index < -0.39 is 13.6 Å². The Hall–Kier alpha value is -0.640. The smallest absolute Gasteiger partial charge is 0.341 e. The highest BCUT2D eigenvalue weighted by Crippen LogP contribution is 2.47. The van der Waals surface area contributed by atoms with Gasteiger partial charge in [0.2, 0.25) is 0 Å². The molecule has 0 aliphatic carbocycles. The van der Waals surface area contributed by atoms with Crippen molar-refractivity contribution in [2.24, 2.45) is 0 Å². The maximum Gasteiger partial charge on any atom is 0.341 e. The van der Waals surface area contributed by atoms with Crippen LogP contribution in [0.4, 0.5) is 0 Å². The molecule has 0 aromatic heterocycles. The van der Waals surface area contributed by atoms with Gasteiger partial charge in [-0.2, -0.15) is 0 Å². The van der Waals surface area contributed by atoms with E-state index in [2.05, 4.69) is 11.3 Å². The van der Waals surface area contributed by atoms with Crippen LogP contribution in [-0.2, 0) is 23.1 Å². The molecule has 0 atom stereocenters. The van der Waals surface area contributed by atoms with Gasteiger partial charge in [0.1, 0.15) is 6.16 Å². The van der Waals surface area contributed by atoms with Gasteiger partial charge in [-0.05, 0) is 13.8 Å². The maximum atomic E-state index is 11.7. The quantitative estimate of drug-likeness (QED) is 0.374. The predicted octanol–water partition coefficient (Wildman–Crippen LogP) is 1.94. The van der Waals surface area contributed by atoms with Crippen molar-refractivity contribution in [3.8, 4) is 0 Å². The lowest BCUT2D eigenvalue weighted by atomic mass is 10.8. The second-order valence-corrected chi connectivity index (χ2v) is 4.32. The Balaban J connectivity index is 4.27. The fourth-order valence-electron chi connectivity index (χ4n) is 0.810. The standard InChI is InChI=1S/C8H15O5P/c1-4-11-8(9)7-14(10,12-5-2)13-6-3/h4H,1,5-7H2,2-3H3. The van der Waals surface area contributed by atoms with E-state index in [4.69, 9.17) is 9.05 Å². The van der Waals surface area contributed by atoms with Crippen molar-refractivity contribution in [1.82, 2.24) is 0 Å². The minimum Gasteiger partial charge on any atom is -0.435 e. The summed E-state index contributed by atoms with van der Waals surface area (Å²) in [6.07, 6.45) is 0.589. The third kappa shape index (κ3) is 5.17. The number of carbonyl (C=O) groups is 1. The summed E-state index contributed by atoms with van der Waals surface area (Å²) in [6, 6.07) is 0. The lowest BCUT2D eigenvalue weighted by Gasteiger charge is -2.15. The van der Waals surface area contributed by atoms with Gasteiger partial charge in [-0.3, -0.25) is 9.36 Å². The molecule has 0 fully saturated rings. The van der Waals surface area contributed by atoms with Crippen LogP contribution in [-0.4, -0.2) is 25.3 Å². The van der Waals surface area contributed by atoms with E-state index in [0.29, 0.717) is 0 Å². The van der Waals surface area contributed by atoms with Gasteiger partial charge < -0.3 is 13.8 Å². The molecule has 0 amide bonds. The minimum atomic E-state index is -3.33. The van der Waals surface area contributed by atoms with Gasteiger partial charge in [0.05, 0.1) is 19.5 Å². The highest BCUT2D eigenvalue weighted by molar-refractivity contribution is 7.54. The molecule has 0 aliphatic heterocycles. The summed E-state index contributed by atoms with van der Waals surface area (Å²) in [7, 11) is -3.33. The van der Waals surface area contributed by atoms with Crippen LogP contribution in [0.1, 0.15) is 13.8 Å². The van der Waals surface area contributed by atoms with Gasteiger partial charge in [-0.1, -0.05) is 6.58 Å². The number of hydrogen-bond acceptors (Lipinski definition) is 5. The fourth-order valence-corrected chi connectivity index (χ4v) is 2.24. The van der Waals surface area contributed by atoms with Crippen molar-refractivity contribution < 1.29 is 23.1 Å². The van der Waals surface area contributed by atoms with E-state index in [1.807, 2.05) is 0 Å². The molecule has 0 spiro atoms. The molecule has 0 aliphatic rings. The normalized spacial score (nSPS) is 11.0. The van der Waals surface area contributed by atoms with Crippen LogP contribution in [0.15, 0.2) is 12.8 Å². The molecular weight excluding hydrogens is 207 g/mol. The van der Waals surface area contributed by atoms with Crippen LogP contribution in [0.5, 0.6) is 0 Å². The summed E-state index contributed by atoms with van der Waals surface area (Å²) in [6.45, 7) is 6.99. The average Bonchev–Trinajstić information content (AvgIpc) is 2.04. The van der Waals surface area contributed by atoms with E-state index >= 15 is 0 Å². The summed E-state index contributed by atoms with van der Waals surface area (Å²) in [5, 5.41) is 0. The molecule has 0 unspecified atom stereocenters. The summed E-state index contributed by atoms with van der Waals surface area (Å²) in [4.78, 5) is 11.0. The van der Waals surface area contributed by atoms with E-state index in [1.165, 1.54) is 0 Å². The van der Waals surface area contributed by atoms with Crippen molar-refractivity contribution in [2.75, 3.05) is 19.4 Å². The van der Waals surface area contributed by atoms with Crippen LogP contribution in [0.3, 0.4) is 0 Å². The first-order chi connectivity index (χ1) is 6.58. The summed E-state index contributed by atoms with van der Waals surface area (Å²) < 4.78 is 25.9. The van der Waals surface area contributed by atoms with Crippen LogP contribution in [0, 0.1) is 0 Å². The molecule has 0 bridgehead atoms. The molecule has 0 radical (unpaired) electrons. The highest BCUT2D eigenvalue weighted by atomic mass is 31.2. The first-order valence-electron chi connectivity index (χ1n) is 4.26. The van der Waals surface area contributed by atoms with Gasteiger partial charge in [0, 0.05) is 0 Å². The highest BCUT2D eigenvalue weighted by Gasteiger charge is 2.28. The zero-order chi connectivity index (χ0) is 11.0. The van der Waals surface area contributed by atoms with E-state index in [-0.39, 0.29) is 19.4 Å². The minimum absolute atomic E-state index is 0.221.